The van der Waals surface area contributed by atoms with Gasteiger partial charge >= 0.3 is 0 Å². The van der Waals surface area contributed by atoms with Crippen molar-refractivity contribution in [1.82, 2.24) is 4.90 Å². The summed E-state index contributed by atoms with van der Waals surface area (Å²) in [6.07, 6.45) is 2.25. The summed E-state index contributed by atoms with van der Waals surface area (Å²) in [6, 6.07) is 10.4. The van der Waals surface area contributed by atoms with E-state index >= 15 is 0 Å². The minimum absolute atomic E-state index is 0.0257. The predicted octanol–water partition coefficient (Wildman–Crippen LogP) is 2.00. The largest absolute Gasteiger partial charge is 0.325 e. The molecule has 3 N–H and O–H groups in total. The second-order valence-corrected chi connectivity index (χ2v) is 8.43. The summed E-state index contributed by atoms with van der Waals surface area (Å²) in [6.45, 7) is 1.10. The van der Waals surface area contributed by atoms with Gasteiger partial charge in [0.05, 0.1) is 11.4 Å². The van der Waals surface area contributed by atoms with E-state index in [1.807, 2.05) is 11.4 Å². The normalized spacial score (nSPS) is 14.8. The standard InChI is InChI=1S/C16H19N3O3S2/c17-24(21,22)15-7-3-12(4-8-15)18-16(20)11-19(13-5-6-13)10-14-2-1-9-23-14/h1-4,7-9,13H,5-6,10-11H2,(H,18,20)(H2,17,21,22). The SMILES string of the molecule is NS(=O)(=O)c1ccc(NC(=O)CN(Cc2cccs2)C2CC2)cc1. The summed E-state index contributed by atoms with van der Waals surface area (Å²) >= 11 is 1.69. The number of carbonyl (C=O) groups is 1. The van der Waals surface area contributed by atoms with Crippen LogP contribution in [0.3, 0.4) is 0 Å². The van der Waals surface area contributed by atoms with Crippen LogP contribution in [0.5, 0.6) is 0 Å². The number of benzene rings is 1. The summed E-state index contributed by atoms with van der Waals surface area (Å²) in [5.41, 5.74) is 0.555. The van der Waals surface area contributed by atoms with Gasteiger partial charge in [0, 0.05) is 23.2 Å². The van der Waals surface area contributed by atoms with Crippen LogP contribution in [-0.2, 0) is 21.4 Å². The van der Waals surface area contributed by atoms with Gasteiger partial charge in [-0.05, 0) is 48.6 Å². The number of nitrogens with one attached hydrogen (secondary N) is 1. The molecule has 0 spiro atoms. The molecular formula is C16H19N3O3S2. The number of nitrogens with two attached hydrogens (primary N) is 1. The lowest BCUT2D eigenvalue weighted by atomic mass is 10.3. The van der Waals surface area contributed by atoms with Crippen LogP contribution in [0.15, 0.2) is 46.7 Å². The first-order chi connectivity index (χ1) is 11.4. The summed E-state index contributed by atoms with van der Waals surface area (Å²) < 4.78 is 22.5. The molecule has 1 heterocycles. The average molecular weight is 365 g/mol. The Morgan fingerprint density at radius 1 is 1.25 bits per heavy atom. The van der Waals surface area contributed by atoms with Gasteiger partial charge in [-0.1, -0.05) is 6.07 Å². The van der Waals surface area contributed by atoms with Crippen molar-refractivity contribution in [2.75, 3.05) is 11.9 Å². The minimum Gasteiger partial charge on any atom is -0.325 e. The van der Waals surface area contributed by atoms with E-state index in [-0.39, 0.29) is 10.8 Å². The number of primary sulfonamides is 1. The van der Waals surface area contributed by atoms with E-state index in [9.17, 15) is 13.2 Å². The lowest BCUT2D eigenvalue weighted by Crippen LogP contribution is -2.34. The molecular weight excluding hydrogens is 346 g/mol. The third-order valence-corrected chi connectivity index (χ3v) is 5.61. The van der Waals surface area contributed by atoms with Crippen LogP contribution in [-0.4, -0.2) is 31.8 Å². The van der Waals surface area contributed by atoms with Crippen molar-refractivity contribution in [1.29, 1.82) is 0 Å². The summed E-state index contributed by atoms with van der Waals surface area (Å²) in [4.78, 5) is 15.7. The van der Waals surface area contributed by atoms with Crippen LogP contribution in [0, 0.1) is 0 Å². The maximum Gasteiger partial charge on any atom is 0.238 e. The van der Waals surface area contributed by atoms with E-state index in [2.05, 4.69) is 16.3 Å². The average Bonchev–Trinajstić information content (AvgIpc) is 3.24. The molecule has 1 aromatic carbocycles. The number of carbonyl (C=O) groups excluding carboxylic acids is 1. The summed E-state index contributed by atoms with van der Waals surface area (Å²) in [7, 11) is -3.72. The van der Waals surface area contributed by atoms with Crippen LogP contribution in [0.2, 0.25) is 0 Å². The molecule has 1 fully saturated rings. The molecule has 6 nitrogen and oxygen atoms in total. The minimum atomic E-state index is -3.72. The lowest BCUT2D eigenvalue weighted by molar-refractivity contribution is -0.117. The molecule has 0 unspecified atom stereocenters. The Labute approximate surface area is 145 Å². The Bertz CT molecular complexity index is 798. The number of nitrogens with zero attached hydrogens (tertiary/aromatic N) is 1. The van der Waals surface area contributed by atoms with E-state index in [0.717, 1.165) is 19.4 Å². The molecule has 0 aliphatic heterocycles. The van der Waals surface area contributed by atoms with Gasteiger partial charge in [0.25, 0.3) is 0 Å². The summed E-state index contributed by atoms with van der Waals surface area (Å²) in [5.74, 6) is -0.109. The molecule has 1 amide bonds. The van der Waals surface area contributed by atoms with E-state index in [0.29, 0.717) is 18.3 Å². The van der Waals surface area contributed by atoms with Crippen molar-refractivity contribution >= 4 is 33.0 Å². The van der Waals surface area contributed by atoms with Gasteiger partial charge in [0.2, 0.25) is 15.9 Å². The fourth-order valence-electron chi connectivity index (χ4n) is 2.47. The number of sulfonamides is 1. The van der Waals surface area contributed by atoms with Crippen molar-refractivity contribution in [3.63, 3.8) is 0 Å². The monoisotopic (exact) mass is 365 g/mol. The Morgan fingerprint density at radius 3 is 2.50 bits per heavy atom. The van der Waals surface area contributed by atoms with Crippen molar-refractivity contribution in [3.8, 4) is 0 Å². The fraction of sp³-hybridized carbons (Fsp3) is 0.312. The zero-order valence-electron chi connectivity index (χ0n) is 13.0. The maximum atomic E-state index is 12.3. The van der Waals surface area contributed by atoms with Crippen molar-refractivity contribution in [2.45, 2.75) is 30.3 Å². The molecule has 1 aromatic heterocycles. The number of hydrogen-bond donors (Lipinski definition) is 2. The number of hydrogen-bond acceptors (Lipinski definition) is 5. The lowest BCUT2D eigenvalue weighted by Gasteiger charge is -2.20. The number of amides is 1. The van der Waals surface area contributed by atoms with Crippen LogP contribution >= 0.6 is 11.3 Å². The quantitative estimate of drug-likeness (QED) is 0.785. The Kier molecular flexibility index (Phi) is 5.00. The molecule has 0 saturated heterocycles. The first-order valence-electron chi connectivity index (χ1n) is 7.61. The third-order valence-electron chi connectivity index (χ3n) is 3.82. The molecule has 3 rings (SSSR count). The molecule has 0 atom stereocenters. The first kappa shape index (κ1) is 17.1. The highest BCUT2D eigenvalue weighted by atomic mass is 32.2. The van der Waals surface area contributed by atoms with E-state index < -0.39 is 10.0 Å². The fourth-order valence-corrected chi connectivity index (χ4v) is 3.71. The van der Waals surface area contributed by atoms with Gasteiger partial charge in [-0.25, -0.2) is 13.6 Å². The highest BCUT2D eigenvalue weighted by Gasteiger charge is 2.30. The molecule has 1 aliphatic rings. The van der Waals surface area contributed by atoms with Gasteiger partial charge < -0.3 is 5.32 Å². The van der Waals surface area contributed by atoms with Gasteiger partial charge in [0.1, 0.15) is 0 Å². The number of thiophene rings is 1. The molecule has 24 heavy (non-hydrogen) atoms. The highest BCUT2D eigenvalue weighted by Crippen LogP contribution is 2.29. The summed E-state index contributed by atoms with van der Waals surface area (Å²) in [5, 5.41) is 9.89. The maximum absolute atomic E-state index is 12.3. The van der Waals surface area contributed by atoms with E-state index in [1.165, 1.54) is 17.0 Å². The van der Waals surface area contributed by atoms with E-state index in [1.54, 1.807) is 23.5 Å². The predicted molar refractivity (Wildman–Crippen MR) is 94.2 cm³/mol. The van der Waals surface area contributed by atoms with Crippen molar-refractivity contribution < 1.29 is 13.2 Å². The highest BCUT2D eigenvalue weighted by molar-refractivity contribution is 7.89. The Hall–Kier alpha value is -1.74. The van der Waals surface area contributed by atoms with Gasteiger partial charge in [-0.2, -0.15) is 0 Å². The zero-order valence-corrected chi connectivity index (χ0v) is 14.6. The zero-order chi connectivity index (χ0) is 17.2. The van der Waals surface area contributed by atoms with Crippen LogP contribution in [0.1, 0.15) is 17.7 Å². The number of anilines is 1. The van der Waals surface area contributed by atoms with Gasteiger partial charge in [-0.15, -0.1) is 11.3 Å². The number of rotatable bonds is 7. The molecule has 0 bridgehead atoms. The molecule has 8 heteroatoms. The smallest absolute Gasteiger partial charge is 0.238 e. The van der Waals surface area contributed by atoms with Gasteiger partial charge in [0.15, 0.2) is 0 Å². The van der Waals surface area contributed by atoms with Crippen molar-refractivity contribution in [3.05, 3.63) is 46.7 Å². The third kappa shape index (κ3) is 4.64. The first-order valence-corrected chi connectivity index (χ1v) is 10.0. The van der Waals surface area contributed by atoms with Crippen LogP contribution in [0.4, 0.5) is 5.69 Å². The second-order valence-electron chi connectivity index (χ2n) is 5.83. The van der Waals surface area contributed by atoms with E-state index in [4.69, 9.17) is 5.14 Å². The molecule has 1 aliphatic carbocycles. The second kappa shape index (κ2) is 7.02. The van der Waals surface area contributed by atoms with Crippen LogP contribution in [0.25, 0.3) is 0 Å². The van der Waals surface area contributed by atoms with Crippen LogP contribution < -0.4 is 10.5 Å². The molecule has 2 aromatic rings. The molecule has 1 saturated carbocycles. The Morgan fingerprint density at radius 2 is 1.96 bits per heavy atom. The molecule has 128 valence electrons. The topological polar surface area (TPSA) is 92.5 Å². The Balaban J connectivity index is 1.59. The van der Waals surface area contributed by atoms with Crippen molar-refractivity contribution in [2.24, 2.45) is 5.14 Å². The molecule has 0 radical (unpaired) electrons. The van der Waals surface area contributed by atoms with Gasteiger partial charge in [-0.3, -0.25) is 9.69 Å².